The van der Waals surface area contributed by atoms with Gasteiger partial charge in [-0.1, -0.05) is 117 Å². The Labute approximate surface area is 294 Å². The summed E-state index contributed by atoms with van der Waals surface area (Å²) in [6, 6.07) is 42.2. The highest BCUT2D eigenvalue weighted by Gasteiger charge is 2.18. The van der Waals surface area contributed by atoms with Gasteiger partial charge in [-0.15, -0.1) is 0 Å². The molecule has 2 aromatic heterocycles. The first-order valence-corrected chi connectivity index (χ1v) is 18.3. The van der Waals surface area contributed by atoms with E-state index in [1.165, 1.54) is 60.8 Å². The van der Waals surface area contributed by atoms with Crippen LogP contribution in [0, 0.1) is 0 Å². The van der Waals surface area contributed by atoms with Gasteiger partial charge in [-0.2, -0.15) is 0 Å². The zero-order valence-corrected chi connectivity index (χ0v) is 28.7. The number of benzene rings is 5. The van der Waals surface area contributed by atoms with E-state index >= 15 is 0 Å². The van der Waals surface area contributed by atoms with E-state index in [2.05, 4.69) is 109 Å². The number of ether oxygens (including phenoxy) is 2. The van der Waals surface area contributed by atoms with E-state index in [4.69, 9.17) is 18.3 Å². The van der Waals surface area contributed by atoms with Crippen molar-refractivity contribution in [2.45, 2.75) is 77.4 Å². The number of rotatable bonds is 2. The smallest absolute Gasteiger partial charge is 0.138 e. The maximum absolute atomic E-state index is 6.56. The number of fused-ring (bicyclic) bond motifs is 6. The minimum Gasteiger partial charge on any atom is -0.489 e. The summed E-state index contributed by atoms with van der Waals surface area (Å²) in [5, 5.41) is 2.29. The first-order chi connectivity index (χ1) is 24.8. The molecule has 0 spiro atoms. The molecule has 7 aromatic rings. The Kier molecular flexibility index (Phi) is 9.68. The van der Waals surface area contributed by atoms with Crippen LogP contribution >= 0.6 is 0 Å². The van der Waals surface area contributed by atoms with Crippen LogP contribution in [0.15, 0.2) is 130 Å². The first kappa shape index (κ1) is 32.0. The number of hydrogen-bond acceptors (Lipinski definition) is 4. The van der Waals surface area contributed by atoms with E-state index in [0.717, 1.165) is 81.8 Å². The molecule has 50 heavy (non-hydrogen) atoms. The zero-order chi connectivity index (χ0) is 33.5. The van der Waals surface area contributed by atoms with Crippen molar-refractivity contribution in [3.63, 3.8) is 0 Å². The number of furan rings is 2. The molecule has 4 nitrogen and oxygen atoms in total. The van der Waals surface area contributed by atoms with Gasteiger partial charge in [0.2, 0.25) is 0 Å². The molecule has 1 aliphatic rings. The first-order valence-electron chi connectivity index (χ1n) is 18.3. The SMILES string of the molecule is c1ccc(-c2c3oc4cc(ccc24)OCc2cccc(c2)COc2ccc4c(-c5ccccc5)c(oc4c2)CCCCCCCCCC3)cc1. The molecule has 8 bridgehead atoms. The minimum absolute atomic E-state index is 0.460. The predicted octanol–water partition coefficient (Wildman–Crippen LogP) is 12.9. The summed E-state index contributed by atoms with van der Waals surface area (Å²) in [6.45, 7) is 0.920. The maximum Gasteiger partial charge on any atom is 0.138 e. The van der Waals surface area contributed by atoms with Crippen LogP contribution in [0.25, 0.3) is 44.2 Å². The summed E-state index contributed by atoms with van der Waals surface area (Å²) < 4.78 is 25.7. The molecular weight excluding hydrogens is 617 g/mol. The Hall–Kier alpha value is -5.22. The van der Waals surface area contributed by atoms with Gasteiger partial charge in [-0.05, 0) is 65.4 Å². The average Bonchev–Trinajstić information content (AvgIpc) is 3.71. The van der Waals surface area contributed by atoms with Crippen molar-refractivity contribution < 1.29 is 18.3 Å². The Morgan fingerprint density at radius 3 is 1.28 bits per heavy atom. The van der Waals surface area contributed by atoms with E-state index in [9.17, 15) is 0 Å². The van der Waals surface area contributed by atoms with Crippen LogP contribution < -0.4 is 9.47 Å². The lowest BCUT2D eigenvalue weighted by Gasteiger charge is -2.10. The summed E-state index contributed by atoms with van der Waals surface area (Å²) in [4.78, 5) is 0. The van der Waals surface area contributed by atoms with Gasteiger partial charge in [0.15, 0.2) is 0 Å². The Bertz CT molecular complexity index is 2020. The molecule has 0 amide bonds. The van der Waals surface area contributed by atoms with Crippen molar-refractivity contribution in [2.24, 2.45) is 0 Å². The van der Waals surface area contributed by atoms with E-state index in [-0.39, 0.29) is 0 Å². The molecule has 0 saturated heterocycles. The minimum atomic E-state index is 0.460. The molecule has 0 radical (unpaired) electrons. The molecule has 0 saturated carbocycles. The highest BCUT2D eigenvalue weighted by Crippen LogP contribution is 2.39. The lowest BCUT2D eigenvalue weighted by molar-refractivity contribution is 0.300. The standard InChI is InChI=1S/C46H44O4/c1-2-4-6-14-23-42-46(36-20-11-8-12-21-36)40-27-25-38(30-44(40)50-42)48-32-34-17-15-16-33(28-34)31-47-37-24-26-39-43(29-37)49-41(22-13-5-3-1)45(39)35-18-9-7-10-19-35/h7-12,15-21,24-30H,1-6,13-14,22-23,31-32H2. The number of aryl methyl sites for hydroxylation is 2. The molecule has 252 valence electrons. The molecule has 5 aromatic carbocycles. The molecule has 4 heteroatoms. The monoisotopic (exact) mass is 660 g/mol. The quantitative estimate of drug-likeness (QED) is 0.185. The van der Waals surface area contributed by atoms with Gasteiger partial charge >= 0.3 is 0 Å². The van der Waals surface area contributed by atoms with Gasteiger partial charge < -0.3 is 18.3 Å². The Morgan fingerprint density at radius 1 is 0.380 bits per heavy atom. The molecule has 3 heterocycles. The van der Waals surface area contributed by atoms with Crippen LogP contribution in [0.5, 0.6) is 11.5 Å². The fraction of sp³-hybridized carbons (Fsp3) is 0.261. The maximum atomic E-state index is 6.56. The second-order valence-electron chi connectivity index (χ2n) is 13.6. The van der Waals surface area contributed by atoms with Crippen LogP contribution in [-0.4, -0.2) is 0 Å². The highest BCUT2D eigenvalue weighted by atomic mass is 16.5. The van der Waals surface area contributed by atoms with Crippen LogP contribution in [0.2, 0.25) is 0 Å². The van der Waals surface area contributed by atoms with E-state index in [1.54, 1.807) is 0 Å². The third-order valence-electron chi connectivity index (χ3n) is 9.95. The van der Waals surface area contributed by atoms with Crippen LogP contribution in [0.4, 0.5) is 0 Å². The third kappa shape index (κ3) is 7.21. The van der Waals surface area contributed by atoms with Crippen LogP contribution in [0.3, 0.4) is 0 Å². The van der Waals surface area contributed by atoms with Crippen molar-refractivity contribution in [1.82, 2.24) is 0 Å². The summed E-state index contributed by atoms with van der Waals surface area (Å²) in [5.74, 6) is 3.75. The lowest BCUT2D eigenvalue weighted by atomic mass is 9.98. The largest absolute Gasteiger partial charge is 0.489 e. The highest BCUT2D eigenvalue weighted by molar-refractivity contribution is 5.97. The van der Waals surface area contributed by atoms with Gasteiger partial charge in [-0.3, -0.25) is 0 Å². The summed E-state index contributed by atoms with van der Waals surface area (Å²) >= 11 is 0. The molecular formula is C46H44O4. The van der Waals surface area contributed by atoms with Gasteiger partial charge in [0.05, 0.1) is 0 Å². The van der Waals surface area contributed by atoms with E-state index in [0.29, 0.717) is 13.2 Å². The van der Waals surface area contributed by atoms with Gasteiger partial charge in [0.25, 0.3) is 0 Å². The third-order valence-corrected chi connectivity index (χ3v) is 9.95. The Balaban J connectivity index is 1.05. The molecule has 0 unspecified atom stereocenters. The van der Waals surface area contributed by atoms with Crippen LogP contribution in [0.1, 0.15) is 74.0 Å². The summed E-state index contributed by atoms with van der Waals surface area (Å²) in [7, 11) is 0. The van der Waals surface area contributed by atoms with Gasteiger partial charge in [0, 0.05) is 46.9 Å². The van der Waals surface area contributed by atoms with Crippen molar-refractivity contribution in [1.29, 1.82) is 0 Å². The van der Waals surface area contributed by atoms with Crippen molar-refractivity contribution >= 4 is 21.9 Å². The molecule has 0 fully saturated rings. The second-order valence-corrected chi connectivity index (χ2v) is 13.6. The predicted molar refractivity (Wildman–Crippen MR) is 203 cm³/mol. The van der Waals surface area contributed by atoms with Crippen molar-refractivity contribution in [3.05, 3.63) is 144 Å². The van der Waals surface area contributed by atoms with Crippen molar-refractivity contribution in [2.75, 3.05) is 0 Å². The average molecular weight is 661 g/mol. The second kappa shape index (κ2) is 15.1. The zero-order valence-electron chi connectivity index (χ0n) is 28.7. The molecule has 0 atom stereocenters. The summed E-state index contributed by atoms with van der Waals surface area (Å²) in [5.41, 5.74) is 8.78. The Morgan fingerprint density at radius 2 is 0.820 bits per heavy atom. The number of hydrogen-bond donors (Lipinski definition) is 0. The lowest BCUT2D eigenvalue weighted by Crippen LogP contribution is -1.99. The fourth-order valence-electron chi connectivity index (χ4n) is 7.40. The van der Waals surface area contributed by atoms with Gasteiger partial charge in [0.1, 0.15) is 47.4 Å². The van der Waals surface area contributed by atoms with Gasteiger partial charge in [-0.25, -0.2) is 0 Å². The normalized spacial score (nSPS) is 15.0. The molecule has 1 aliphatic heterocycles. The molecule has 8 rings (SSSR count). The van der Waals surface area contributed by atoms with E-state index in [1.807, 2.05) is 12.1 Å². The van der Waals surface area contributed by atoms with Crippen molar-refractivity contribution in [3.8, 4) is 33.8 Å². The fourth-order valence-corrected chi connectivity index (χ4v) is 7.40. The van der Waals surface area contributed by atoms with E-state index < -0.39 is 0 Å². The topological polar surface area (TPSA) is 44.7 Å². The summed E-state index contributed by atoms with van der Waals surface area (Å²) in [6.07, 6.45) is 11.6. The van der Waals surface area contributed by atoms with Crippen LogP contribution in [-0.2, 0) is 26.1 Å². The molecule has 0 aliphatic carbocycles. The molecule has 0 N–H and O–H groups in total.